The summed E-state index contributed by atoms with van der Waals surface area (Å²) in [4.78, 5) is 11.2. The van der Waals surface area contributed by atoms with Gasteiger partial charge in [0, 0.05) is 19.8 Å². The maximum atomic E-state index is 11.4. The molecule has 0 aliphatic carbocycles. The summed E-state index contributed by atoms with van der Waals surface area (Å²) in [7, 11) is -0.890. The first-order valence-electron chi connectivity index (χ1n) is 10.3. The van der Waals surface area contributed by atoms with Crippen LogP contribution in [0.25, 0.3) is 16.7 Å². The Morgan fingerprint density at radius 3 is 2.60 bits per heavy atom. The molecule has 0 saturated carbocycles. The molecule has 1 aliphatic rings. The molecule has 3 heterocycles. The fourth-order valence-electron chi connectivity index (χ4n) is 3.97. The van der Waals surface area contributed by atoms with Crippen molar-refractivity contribution in [3.63, 3.8) is 0 Å². The van der Waals surface area contributed by atoms with E-state index in [-0.39, 0.29) is 5.75 Å². The molecule has 1 N–H and O–H groups in total. The zero-order valence-corrected chi connectivity index (χ0v) is 18.3. The number of fused-ring (bicyclic) bond motifs is 1. The summed E-state index contributed by atoms with van der Waals surface area (Å²) in [5, 5.41) is 8.89. The molecule has 0 radical (unpaired) electrons. The average molecular weight is 429 g/mol. The highest BCUT2D eigenvalue weighted by Gasteiger charge is 2.19. The van der Waals surface area contributed by atoms with Gasteiger partial charge < -0.3 is 10.2 Å². The first kappa shape index (κ1) is 20.7. The van der Waals surface area contributed by atoms with Crippen molar-refractivity contribution in [2.24, 2.45) is 5.92 Å². The largest absolute Gasteiger partial charge is 0.359 e. The van der Waals surface area contributed by atoms with Crippen LogP contribution in [0.1, 0.15) is 18.4 Å². The fraction of sp³-hybridized carbons (Fsp3) is 0.476. The summed E-state index contributed by atoms with van der Waals surface area (Å²) in [6, 6.07) is 7.79. The number of hydrogen-bond acceptors (Lipinski definition) is 7. The van der Waals surface area contributed by atoms with Gasteiger partial charge in [0.05, 0.1) is 23.0 Å². The van der Waals surface area contributed by atoms with Crippen LogP contribution in [0.5, 0.6) is 0 Å². The molecule has 4 rings (SSSR count). The second kappa shape index (κ2) is 8.69. The molecule has 8 nitrogen and oxygen atoms in total. The molecule has 0 atom stereocenters. The molecule has 9 heteroatoms. The number of benzene rings is 1. The maximum absolute atomic E-state index is 11.4. The van der Waals surface area contributed by atoms with Gasteiger partial charge in [-0.3, -0.25) is 0 Å². The molecule has 1 aliphatic heterocycles. The van der Waals surface area contributed by atoms with Gasteiger partial charge in [-0.1, -0.05) is 12.1 Å². The third-order valence-corrected chi connectivity index (χ3v) is 6.59. The van der Waals surface area contributed by atoms with Gasteiger partial charge in [-0.25, -0.2) is 23.1 Å². The van der Waals surface area contributed by atoms with Gasteiger partial charge in [0.1, 0.15) is 22.0 Å². The number of nitrogens with one attached hydrogen (secondary N) is 1. The van der Waals surface area contributed by atoms with E-state index < -0.39 is 9.84 Å². The van der Waals surface area contributed by atoms with Gasteiger partial charge >= 0.3 is 0 Å². The summed E-state index contributed by atoms with van der Waals surface area (Å²) in [6.07, 6.45) is 7.55. The van der Waals surface area contributed by atoms with Crippen molar-refractivity contribution in [2.45, 2.75) is 19.3 Å². The smallest absolute Gasteiger partial charge is 0.168 e. The van der Waals surface area contributed by atoms with E-state index in [4.69, 9.17) is 0 Å². The van der Waals surface area contributed by atoms with E-state index in [1.165, 1.54) is 19.1 Å². The Kier molecular flexibility index (Phi) is 6.01. The van der Waals surface area contributed by atoms with Crippen LogP contribution < -0.4 is 10.2 Å². The predicted octanol–water partition coefficient (Wildman–Crippen LogP) is 1.84. The quantitative estimate of drug-likeness (QED) is 0.614. The van der Waals surface area contributed by atoms with E-state index in [2.05, 4.69) is 32.3 Å². The normalized spacial score (nSPS) is 15.5. The molecule has 0 amide bonds. The lowest BCUT2D eigenvalue weighted by molar-refractivity contribution is 0.377. The molecule has 0 bridgehead atoms. The molecule has 3 aromatic rings. The Labute approximate surface area is 177 Å². The number of anilines is 1. The topological polar surface area (TPSA) is 93.0 Å². The Bertz CT molecular complexity index is 1100. The molecule has 1 aromatic carbocycles. The number of hydrogen-bond donors (Lipinski definition) is 1. The van der Waals surface area contributed by atoms with Crippen LogP contribution >= 0.6 is 0 Å². The van der Waals surface area contributed by atoms with Gasteiger partial charge in [0.2, 0.25) is 0 Å². The van der Waals surface area contributed by atoms with E-state index >= 15 is 0 Å². The van der Waals surface area contributed by atoms with E-state index in [0.29, 0.717) is 12.3 Å². The zero-order chi connectivity index (χ0) is 21.1. The maximum Gasteiger partial charge on any atom is 0.168 e. The lowest BCUT2D eigenvalue weighted by Gasteiger charge is -2.28. The fourth-order valence-corrected chi connectivity index (χ4v) is 4.58. The summed E-state index contributed by atoms with van der Waals surface area (Å²) >= 11 is 0. The molecule has 1 saturated heterocycles. The van der Waals surface area contributed by atoms with Crippen LogP contribution in [-0.2, 0) is 16.3 Å². The van der Waals surface area contributed by atoms with Crippen LogP contribution in [0.3, 0.4) is 0 Å². The lowest BCUT2D eigenvalue weighted by atomic mass is 9.98. The Balaban J connectivity index is 1.55. The molecule has 0 unspecified atom stereocenters. The Morgan fingerprint density at radius 1 is 1.17 bits per heavy atom. The van der Waals surface area contributed by atoms with E-state index in [1.807, 2.05) is 30.5 Å². The molecular formula is C21H28N6O2S. The molecule has 0 spiro atoms. The minimum atomic E-state index is -2.97. The second-order valence-electron chi connectivity index (χ2n) is 8.11. The molecule has 2 aromatic heterocycles. The van der Waals surface area contributed by atoms with E-state index in [1.54, 1.807) is 11.0 Å². The lowest BCUT2D eigenvalue weighted by Crippen LogP contribution is -2.34. The van der Waals surface area contributed by atoms with Crippen molar-refractivity contribution in [3.8, 4) is 5.69 Å². The van der Waals surface area contributed by atoms with Crippen molar-refractivity contribution in [1.29, 1.82) is 0 Å². The third-order valence-electron chi connectivity index (χ3n) is 5.64. The number of aryl methyl sites for hydroxylation is 1. The molecule has 1 fully saturated rings. The third kappa shape index (κ3) is 4.79. The van der Waals surface area contributed by atoms with E-state index in [9.17, 15) is 8.42 Å². The van der Waals surface area contributed by atoms with E-state index in [0.717, 1.165) is 47.7 Å². The molecular weight excluding hydrogens is 400 g/mol. The first-order chi connectivity index (χ1) is 14.4. The summed E-state index contributed by atoms with van der Waals surface area (Å²) < 4.78 is 24.6. The Hall–Kier alpha value is -2.52. The van der Waals surface area contributed by atoms with Gasteiger partial charge in [0.15, 0.2) is 5.65 Å². The number of sulfone groups is 1. The Morgan fingerprint density at radius 2 is 1.90 bits per heavy atom. The van der Waals surface area contributed by atoms with Crippen LogP contribution in [-0.4, -0.2) is 66.9 Å². The highest BCUT2D eigenvalue weighted by atomic mass is 32.2. The summed E-state index contributed by atoms with van der Waals surface area (Å²) in [5.41, 5.74) is 2.64. The highest BCUT2D eigenvalue weighted by Crippen LogP contribution is 2.25. The first-order valence-corrected chi connectivity index (χ1v) is 12.3. The monoisotopic (exact) mass is 428 g/mol. The highest BCUT2D eigenvalue weighted by molar-refractivity contribution is 7.90. The van der Waals surface area contributed by atoms with Gasteiger partial charge in [-0.2, -0.15) is 5.10 Å². The zero-order valence-electron chi connectivity index (χ0n) is 17.5. The number of rotatable bonds is 7. The summed E-state index contributed by atoms with van der Waals surface area (Å²) in [6.45, 7) is 3.12. The van der Waals surface area contributed by atoms with Crippen molar-refractivity contribution in [3.05, 3.63) is 42.4 Å². The van der Waals surface area contributed by atoms with Crippen LogP contribution in [0.2, 0.25) is 0 Å². The second-order valence-corrected chi connectivity index (χ2v) is 10.4. The van der Waals surface area contributed by atoms with Gasteiger partial charge in [0.25, 0.3) is 0 Å². The number of nitrogens with zero attached hydrogens (tertiary/aromatic N) is 5. The molecule has 160 valence electrons. The SMILES string of the molecule is CN(CC1CCNCC1)c1ncnc2c1cnn2-c1ccc(CCS(C)(=O)=O)cc1. The van der Waals surface area contributed by atoms with Gasteiger partial charge in [-0.05, 0) is 56.0 Å². The average Bonchev–Trinajstić information content (AvgIpc) is 3.17. The predicted molar refractivity (Wildman–Crippen MR) is 119 cm³/mol. The van der Waals surface area contributed by atoms with Crippen molar-refractivity contribution < 1.29 is 8.42 Å². The van der Waals surface area contributed by atoms with Crippen molar-refractivity contribution in [2.75, 3.05) is 43.6 Å². The van der Waals surface area contributed by atoms with Gasteiger partial charge in [-0.15, -0.1) is 0 Å². The number of aromatic nitrogens is 4. The van der Waals surface area contributed by atoms with Crippen LogP contribution in [0, 0.1) is 5.92 Å². The van der Waals surface area contributed by atoms with Crippen molar-refractivity contribution >= 4 is 26.7 Å². The van der Waals surface area contributed by atoms with Crippen molar-refractivity contribution in [1.82, 2.24) is 25.1 Å². The number of piperidine rings is 1. The standard InChI is InChI=1S/C21H28N6O2S/c1-26(14-17-7-10-22-11-8-17)20-19-13-25-27(21(19)24-15-23-20)18-5-3-16(4-6-18)9-12-30(2,28)29/h3-6,13,15,17,22H,7-12,14H2,1-2H3. The van der Waals surface area contributed by atoms with Crippen LogP contribution in [0.4, 0.5) is 5.82 Å². The van der Waals surface area contributed by atoms with Crippen LogP contribution in [0.15, 0.2) is 36.8 Å². The summed E-state index contributed by atoms with van der Waals surface area (Å²) in [5.74, 6) is 1.71. The minimum absolute atomic E-state index is 0.150. The minimum Gasteiger partial charge on any atom is -0.359 e. The molecule has 30 heavy (non-hydrogen) atoms.